The van der Waals surface area contributed by atoms with Gasteiger partial charge in [0.15, 0.2) is 3.79 Å². The summed E-state index contributed by atoms with van der Waals surface area (Å²) in [6.07, 6.45) is 0.338. The summed E-state index contributed by atoms with van der Waals surface area (Å²) in [7, 11) is 0. The zero-order valence-electron chi connectivity index (χ0n) is 19.2. The van der Waals surface area contributed by atoms with Gasteiger partial charge in [-0.2, -0.15) is 0 Å². The predicted molar refractivity (Wildman–Crippen MR) is 132 cm³/mol. The first kappa shape index (κ1) is 29.2. The van der Waals surface area contributed by atoms with Crippen molar-refractivity contribution in [2.75, 3.05) is 5.32 Å². The van der Waals surface area contributed by atoms with Gasteiger partial charge in [0.1, 0.15) is 11.4 Å². The Morgan fingerprint density at radius 1 is 1.17 bits per heavy atom. The smallest absolute Gasteiger partial charge is 0.408 e. The molecule has 2 rings (SSSR count). The summed E-state index contributed by atoms with van der Waals surface area (Å²) in [4.78, 5) is 53.2. The number of nitrogens with zero attached hydrogens (tertiary/aromatic N) is 1. The lowest BCUT2D eigenvalue weighted by Gasteiger charge is -2.45. The van der Waals surface area contributed by atoms with E-state index in [2.05, 4.69) is 20.9 Å². The van der Waals surface area contributed by atoms with E-state index in [0.29, 0.717) is 5.02 Å². The first-order chi connectivity index (χ1) is 16.0. The number of anilines is 1. The number of amides is 3. The van der Waals surface area contributed by atoms with Crippen molar-refractivity contribution in [1.29, 1.82) is 0 Å². The number of alkyl halides is 3. The van der Waals surface area contributed by atoms with Crippen LogP contribution in [0.15, 0.2) is 18.3 Å². The summed E-state index contributed by atoms with van der Waals surface area (Å²) >= 11 is 23.8. The Hall–Kier alpha value is -2.01. The van der Waals surface area contributed by atoms with Gasteiger partial charge < -0.3 is 25.8 Å². The summed E-state index contributed by atoms with van der Waals surface area (Å²) in [6, 6.07) is 1.96. The molecule has 0 radical (unpaired) electrons. The third-order valence-electron chi connectivity index (χ3n) is 5.14. The maximum absolute atomic E-state index is 12.5. The van der Waals surface area contributed by atoms with Crippen LogP contribution < -0.4 is 16.0 Å². The van der Waals surface area contributed by atoms with Crippen LogP contribution in [0.25, 0.3) is 0 Å². The summed E-state index contributed by atoms with van der Waals surface area (Å²) in [5.41, 5.74) is -2.05. The number of halogens is 4. The highest BCUT2D eigenvalue weighted by Crippen LogP contribution is 2.43. The Kier molecular flexibility index (Phi) is 9.49. The lowest BCUT2D eigenvalue weighted by atomic mass is 9.71. The minimum atomic E-state index is -1.81. The van der Waals surface area contributed by atoms with Gasteiger partial charge in [-0.05, 0) is 52.2 Å². The van der Waals surface area contributed by atoms with Gasteiger partial charge in [0.25, 0.3) is 0 Å². The average Bonchev–Trinajstić information content (AvgIpc) is 2.68. The standard InChI is InChI=1S/C21H26Cl4N4O6/c1-19(2,3)35-18(34)29-20(10-21(23,24)25)7-6-13(12(8-20)17(32)33)27-15(30)16(31)28-14-5-4-11(22)9-26-14/h4-5,9,12-13H,6-8,10H2,1-3H3,(H,27,30)(H,29,34)(H,32,33)(H,26,28,31)/t12-,13+,20+/m1/s1. The van der Waals surface area contributed by atoms with Gasteiger partial charge in [-0.15, -0.1) is 0 Å². The second-order valence-corrected chi connectivity index (χ2v) is 12.2. The van der Waals surface area contributed by atoms with Crippen molar-refractivity contribution < 1.29 is 29.0 Å². The van der Waals surface area contributed by atoms with Gasteiger partial charge in [0.05, 0.1) is 10.9 Å². The molecule has 1 aromatic heterocycles. The SMILES string of the molecule is CC(C)(C)OC(=O)N[C@@]1(CC(Cl)(Cl)Cl)CC[C@H](NC(=O)C(=O)Nc2ccc(Cl)cn2)[C@H](C(=O)O)C1. The van der Waals surface area contributed by atoms with Crippen LogP contribution in [0.3, 0.4) is 0 Å². The minimum Gasteiger partial charge on any atom is -0.481 e. The largest absolute Gasteiger partial charge is 0.481 e. The van der Waals surface area contributed by atoms with Crippen LogP contribution >= 0.6 is 46.4 Å². The molecule has 3 amide bonds. The number of alkyl carbamates (subject to hydrolysis) is 1. The molecule has 0 aliphatic heterocycles. The zero-order valence-corrected chi connectivity index (χ0v) is 22.2. The summed E-state index contributed by atoms with van der Waals surface area (Å²) < 4.78 is 3.49. The molecule has 1 aliphatic carbocycles. The van der Waals surface area contributed by atoms with Crippen molar-refractivity contribution >= 4 is 76.1 Å². The maximum Gasteiger partial charge on any atom is 0.408 e. The Morgan fingerprint density at radius 2 is 1.83 bits per heavy atom. The highest BCUT2D eigenvalue weighted by molar-refractivity contribution is 6.67. The van der Waals surface area contributed by atoms with E-state index < -0.39 is 50.8 Å². The number of hydrogen-bond acceptors (Lipinski definition) is 6. The number of carbonyl (C=O) groups is 4. The van der Waals surface area contributed by atoms with Gasteiger partial charge >= 0.3 is 23.9 Å². The number of carbonyl (C=O) groups excluding carboxylic acids is 3. The minimum absolute atomic E-state index is 0.0751. The van der Waals surface area contributed by atoms with Gasteiger partial charge in [0, 0.05) is 24.2 Å². The Bertz CT molecular complexity index is 964. The summed E-state index contributed by atoms with van der Waals surface area (Å²) in [5.74, 6) is -4.44. The van der Waals surface area contributed by atoms with E-state index in [0.717, 1.165) is 0 Å². The fraction of sp³-hybridized carbons (Fsp3) is 0.571. The van der Waals surface area contributed by atoms with E-state index in [1.54, 1.807) is 20.8 Å². The van der Waals surface area contributed by atoms with Crippen LogP contribution in [0.1, 0.15) is 46.5 Å². The lowest BCUT2D eigenvalue weighted by molar-refractivity contribution is -0.146. The molecule has 1 saturated carbocycles. The molecule has 0 bridgehead atoms. The lowest BCUT2D eigenvalue weighted by Crippen LogP contribution is -2.60. The molecule has 10 nitrogen and oxygen atoms in total. The number of carboxylic acids is 1. The van der Waals surface area contributed by atoms with E-state index in [-0.39, 0.29) is 31.5 Å². The first-order valence-corrected chi connectivity index (χ1v) is 12.0. The number of aromatic nitrogens is 1. The van der Waals surface area contributed by atoms with Gasteiger partial charge in [-0.3, -0.25) is 14.4 Å². The number of hydrogen-bond donors (Lipinski definition) is 4. The van der Waals surface area contributed by atoms with Crippen LogP contribution in [0.2, 0.25) is 5.02 Å². The molecule has 0 unspecified atom stereocenters. The van der Waals surface area contributed by atoms with Crippen molar-refractivity contribution in [2.45, 2.75) is 67.4 Å². The third-order valence-corrected chi connectivity index (χ3v) is 5.77. The monoisotopic (exact) mass is 570 g/mol. The van der Waals surface area contributed by atoms with Gasteiger partial charge in [0.2, 0.25) is 0 Å². The van der Waals surface area contributed by atoms with Crippen molar-refractivity contribution in [3.63, 3.8) is 0 Å². The number of pyridine rings is 1. The zero-order chi connectivity index (χ0) is 26.6. The molecule has 1 heterocycles. The van der Waals surface area contributed by atoms with Crippen molar-refractivity contribution in [1.82, 2.24) is 15.6 Å². The van der Waals surface area contributed by atoms with E-state index in [1.165, 1.54) is 18.3 Å². The summed E-state index contributed by atoms with van der Waals surface area (Å²) in [6.45, 7) is 5.02. The van der Waals surface area contributed by atoms with E-state index >= 15 is 0 Å². The number of ether oxygens (including phenoxy) is 1. The van der Waals surface area contributed by atoms with E-state index in [4.69, 9.17) is 51.1 Å². The molecule has 0 aromatic carbocycles. The van der Waals surface area contributed by atoms with E-state index in [1.807, 2.05) is 0 Å². The Labute approximate surface area is 222 Å². The normalized spacial score (nSPS) is 22.6. The molecule has 4 N–H and O–H groups in total. The van der Waals surface area contributed by atoms with Crippen LogP contribution in [0, 0.1) is 5.92 Å². The van der Waals surface area contributed by atoms with Gasteiger partial charge in [-0.25, -0.2) is 9.78 Å². The Balaban J connectivity index is 2.16. The third kappa shape index (κ3) is 9.51. The highest BCUT2D eigenvalue weighted by atomic mass is 35.6. The van der Waals surface area contributed by atoms with Crippen molar-refractivity contribution in [2.24, 2.45) is 5.92 Å². The van der Waals surface area contributed by atoms with Crippen LogP contribution in [0.4, 0.5) is 10.6 Å². The molecule has 3 atom stereocenters. The molecule has 0 spiro atoms. The summed E-state index contributed by atoms with van der Waals surface area (Å²) in [5, 5.41) is 17.6. The predicted octanol–water partition coefficient (Wildman–Crippen LogP) is 4.07. The average molecular weight is 572 g/mol. The van der Waals surface area contributed by atoms with Gasteiger partial charge in [-0.1, -0.05) is 46.4 Å². The molecule has 1 aromatic rings. The quantitative estimate of drug-likeness (QED) is 0.307. The second kappa shape index (κ2) is 11.4. The number of aliphatic carboxylic acids is 1. The number of nitrogens with one attached hydrogen (secondary N) is 3. The fourth-order valence-corrected chi connectivity index (χ4v) is 4.69. The Morgan fingerprint density at radius 3 is 2.34 bits per heavy atom. The van der Waals surface area contributed by atoms with Crippen molar-refractivity contribution in [3.8, 4) is 0 Å². The molecule has 1 aliphatic rings. The highest BCUT2D eigenvalue weighted by Gasteiger charge is 2.49. The molecule has 1 fully saturated rings. The molecular formula is C21H26Cl4N4O6. The molecule has 194 valence electrons. The van der Waals surface area contributed by atoms with Crippen LogP contribution in [0.5, 0.6) is 0 Å². The first-order valence-electron chi connectivity index (χ1n) is 10.5. The molecule has 35 heavy (non-hydrogen) atoms. The van der Waals surface area contributed by atoms with Crippen LogP contribution in [-0.2, 0) is 19.1 Å². The van der Waals surface area contributed by atoms with E-state index in [9.17, 15) is 24.3 Å². The molecule has 0 saturated heterocycles. The second-order valence-electron chi connectivity index (χ2n) is 9.28. The van der Waals surface area contributed by atoms with Crippen molar-refractivity contribution in [3.05, 3.63) is 23.4 Å². The topological polar surface area (TPSA) is 147 Å². The molecule has 14 heteroatoms. The number of carboxylic acid groups (broad SMARTS) is 1. The van der Waals surface area contributed by atoms with Crippen LogP contribution in [-0.4, -0.2) is 54.9 Å². The molecular weight excluding hydrogens is 546 g/mol. The number of rotatable bonds is 5. The fourth-order valence-electron chi connectivity index (χ4n) is 3.81. The maximum atomic E-state index is 12.5.